The third-order valence-electron chi connectivity index (χ3n) is 0.632. The van der Waals surface area contributed by atoms with Crippen LogP contribution < -0.4 is 0 Å². The van der Waals surface area contributed by atoms with Crippen LogP contribution in [0, 0.1) is 0 Å². The maximum atomic E-state index is 2.29. The van der Waals surface area contributed by atoms with E-state index in [2.05, 4.69) is 21.1 Å². The third kappa shape index (κ3) is 4.56. The van der Waals surface area contributed by atoms with Gasteiger partial charge in [-0.1, -0.05) is 13.5 Å². The monoisotopic (exact) mass is 86.1 g/mol. The summed E-state index contributed by atoms with van der Waals surface area (Å²) in [7, 11) is 2.69. The first-order valence-corrected chi connectivity index (χ1v) is 4.34. The van der Waals surface area contributed by atoms with Crippen LogP contribution >= 0.6 is 7.68 Å². The van der Waals surface area contributed by atoms with Crippen molar-refractivity contribution in [2.75, 3.05) is 6.66 Å². The lowest BCUT2D eigenvalue weighted by Gasteiger charge is -1.90. The molecule has 0 nitrogen and oxygen atoms in total. The fourth-order valence-corrected chi connectivity index (χ4v) is 0. The summed E-state index contributed by atoms with van der Waals surface area (Å²) < 4.78 is 0. The zero-order chi connectivity index (χ0) is 4.28. The molecule has 3 heteroatoms. The van der Waals surface area contributed by atoms with Crippen LogP contribution in [0.4, 0.5) is 0 Å². The highest BCUT2D eigenvalue weighted by molar-refractivity contribution is 8.03. The molecular formula is C2H9B2P. The van der Waals surface area contributed by atoms with Crippen LogP contribution in [0.2, 0.25) is 6.82 Å². The van der Waals surface area contributed by atoms with Crippen molar-refractivity contribution in [3.63, 3.8) is 0 Å². The van der Waals surface area contributed by atoms with Gasteiger partial charge in [-0.3, -0.25) is 0 Å². The zero-order valence-corrected chi connectivity index (χ0v) is 5.05. The summed E-state index contributed by atoms with van der Waals surface area (Å²) in [5.41, 5.74) is 0. The van der Waals surface area contributed by atoms with E-state index >= 15 is 0 Å². The van der Waals surface area contributed by atoms with E-state index in [-0.39, 0.29) is 0 Å². The molecule has 0 aromatic carbocycles. The Morgan fingerprint density at radius 2 is 2.00 bits per heavy atom. The van der Waals surface area contributed by atoms with Crippen LogP contribution in [0.15, 0.2) is 0 Å². The Labute approximate surface area is 36.7 Å². The fraction of sp³-hybridized carbons (Fsp3) is 1.00. The van der Waals surface area contributed by atoms with Crippen molar-refractivity contribution >= 4 is 22.2 Å². The van der Waals surface area contributed by atoms with E-state index < -0.39 is 0 Å². The first kappa shape index (κ1) is 5.56. The van der Waals surface area contributed by atoms with Crippen molar-refractivity contribution in [2.45, 2.75) is 6.82 Å². The molecule has 0 bridgehead atoms. The molecular weight excluding hydrogens is 76.6 g/mol. The molecule has 28 valence electrons. The molecule has 0 saturated carbocycles. The molecule has 0 N–H and O–H groups in total. The van der Waals surface area contributed by atoms with E-state index in [1.165, 1.54) is 7.00 Å². The first-order valence-electron chi connectivity index (χ1n) is 1.92. The summed E-state index contributed by atoms with van der Waals surface area (Å²) in [6.07, 6.45) is 0. The minimum absolute atomic E-state index is 0.402. The SMILES string of the molecule is BP(C)BC. The maximum Gasteiger partial charge on any atom is 0.138 e. The minimum atomic E-state index is 0.402. The largest absolute Gasteiger partial charge is 0.187 e. The minimum Gasteiger partial charge on any atom is -0.187 e. The molecule has 0 radical (unpaired) electrons. The Hall–Kier alpha value is 0.560. The fourth-order valence-electron chi connectivity index (χ4n) is 0. The summed E-state index contributed by atoms with van der Waals surface area (Å²) in [6.45, 7) is 5.89. The lowest BCUT2D eigenvalue weighted by molar-refractivity contribution is 2.34. The topological polar surface area (TPSA) is 0 Å². The molecule has 0 aliphatic heterocycles. The standard InChI is InChI=1S/C2H9B2P/c1-4-5(2)3/h4H,3H2,1-2H3. The Morgan fingerprint density at radius 1 is 1.80 bits per heavy atom. The van der Waals surface area contributed by atoms with Crippen LogP contribution in [0.25, 0.3) is 0 Å². The van der Waals surface area contributed by atoms with Crippen LogP contribution in [0.3, 0.4) is 0 Å². The van der Waals surface area contributed by atoms with Gasteiger partial charge in [0.05, 0.1) is 0 Å². The van der Waals surface area contributed by atoms with E-state index in [9.17, 15) is 0 Å². The summed E-state index contributed by atoms with van der Waals surface area (Å²) >= 11 is 0. The smallest absolute Gasteiger partial charge is 0.138 e. The van der Waals surface area contributed by atoms with Gasteiger partial charge in [0.25, 0.3) is 0 Å². The Balaban J connectivity index is 2.54. The van der Waals surface area contributed by atoms with Gasteiger partial charge in [0.2, 0.25) is 0 Å². The maximum absolute atomic E-state index is 2.29. The summed E-state index contributed by atoms with van der Waals surface area (Å²) in [4.78, 5) is 0. The van der Waals surface area contributed by atoms with E-state index in [4.69, 9.17) is 0 Å². The molecule has 0 saturated heterocycles. The average Bonchev–Trinajstić information content (AvgIpc) is 1.38. The lowest BCUT2D eigenvalue weighted by Crippen LogP contribution is -1.73. The van der Waals surface area contributed by atoms with Crippen molar-refractivity contribution in [3.05, 3.63) is 0 Å². The van der Waals surface area contributed by atoms with Crippen LogP contribution in [0.1, 0.15) is 0 Å². The molecule has 0 aliphatic carbocycles. The molecule has 1 unspecified atom stereocenters. The summed E-state index contributed by atoms with van der Waals surface area (Å²) in [6, 6.07) is 0. The van der Waals surface area contributed by atoms with Crippen molar-refractivity contribution in [2.24, 2.45) is 0 Å². The molecule has 0 aliphatic rings. The molecule has 0 rings (SSSR count). The van der Waals surface area contributed by atoms with E-state index in [0.717, 1.165) is 0 Å². The summed E-state index contributed by atoms with van der Waals surface area (Å²) in [5, 5.41) is 0. The highest BCUT2D eigenvalue weighted by atomic mass is 31.1. The molecule has 1 atom stereocenters. The average molecular weight is 85.7 g/mol. The van der Waals surface area contributed by atoms with Gasteiger partial charge in [-0.05, 0) is 0 Å². The predicted molar refractivity (Wildman–Crippen MR) is 34.4 cm³/mol. The van der Waals surface area contributed by atoms with Gasteiger partial charge in [-0.25, -0.2) is 0 Å². The van der Waals surface area contributed by atoms with Gasteiger partial charge < -0.3 is 0 Å². The second kappa shape index (κ2) is 2.78. The van der Waals surface area contributed by atoms with Gasteiger partial charge in [0, 0.05) is 0 Å². The van der Waals surface area contributed by atoms with Gasteiger partial charge in [-0.2, -0.15) is 7.68 Å². The molecule has 0 spiro atoms. The van der Waals surface area contributed by atoms with Crippen molar-refractivity contribution in [1.29, 1.82) is 0 Å². The normalized spacial score (nSPS) is 14.0. The quantitative estimate of drug-likeness (QED) is 0.312. The molecule has 0 fully saturated rings. The molecule has 0 aromatic rings. The number of rotatable bonds is 1. The number of hydrogen-bond donors (Lipinski definition) is 0. The molecule has 0 aromatic heterocycles. The second-order valence-electron chi connectivity index (χ2n) is 1.40. The number of hydrogen-bond acceptors (Lipinski definition) is 0. The van der Waals surface area contributed by atoms with Crippen molar-refractivity contribution in [1.82, 2.24) is 0 Å². The third-order valence-corrected chi connectivity index (χ3v) is 1.90. The predicted octanol–water partition coefficient (Wildman–Crippen LogP) is 0.0458. The highest BCUT2D eigenvalue weighted by Gasteiger charge is 1.81. The van der Waals surface area contributed by atoms with Gasteiger partial charge in [0.1, 0.15) is 14.6 Å². The van der Waals surface area contributed by atoms with Crippen molar-refractivity contribution < 1.29 is 0 Å². The Bertz CT molecular complexity index is 21.6. The zero-order valence-electron chi connectivity index (χ0n) is 4.15. The van der Waals surface area contributed by atoms with E-state index in [1.807, 2.05) is 0 Å². The van der Waals surface area contributed by atoms with E-state index in [0.29, 0.717) is 7.68 Å². The van der Waals surface area contributed by atoms with Gasteiger partial charge in [0.15, 0.2) is 0 Å². The summed E-state index contributed by atoms with van der Waals surface area (Å²) in [5.74, 6) is 0. The van der Waals surface area contributed by atoms with Gasteiger partial charge in [-0.15, -0.1) is 0 Å². The molecule has 0 amide bonds. The van der Waals surface area contributed by atoms with Crippen molar-refractivity contribution in [3.8, 4) is 0 Å². The molecule has 5 heavy (non-hydrogen) atoms. The van der Waals surface area contributed by atoms with Crippen LogP contribution in [-0.4, -0.2) is 21.2 Å². The highest BCUT2D eigenvalue weighted by Crippen LogP contribution is 2.17. The Kier molecular flexibility index (Phi) is 3.09. The Morgan fingerprint density at radius 3 is 2.00 bits per heavy atom. The second-order valence-corrected chi connectivity index (χ2v) is 4.19. The lowest BCUT2D eigenvalue weighted by atomic mass is 10.2. The first-order chi connectivity index (χ1) is 2.27. The van der Waals surface area contributed by atoms with Crippen LogP contribution in [-0.2, 0) is 0 Å². The van der Waals surface area contributed by atoms with Crippen LogP contribution in [0.5, 0.6) is 0 Å². The van der Waals surface area contributed by atoms with Gasteiger partial charge >= 0.3 is 0 Å². The molecule has 0 heterocycles. The van der Waals surface area contributed by atoms with E-state index in [1.54, 1.807) is 0 Å².